The number of rotatable bonds is 3. The van der Waals surface area contributed by atoms with Crippen molar-refractivity contribution < 1.29 is 4.39 Å². The van der Waals surface area contributed by atoms with Crippen LogP contribution in [0.5, 0.6) is 0 Å². The summed E-state index contributed by atoms with van der Waals surface area (Å²) in [5.74, 6) is 0.998. The van der Waals surface area contributed by atoms with Crippen molar-refractivity contribution in [2.75, 3.05) is 0 Å². The van der Waals surface area contributed by atoms with E-state index >= 15 is 0 Å². The average molecular weight is 210 g/mol. The summed E-state index contributed by atoms with van der Waals surface area (Å²) in [5, 5.41) is 0. The molecule has 0 unspecified atom stereocenters. The first kappa shape index (κ1) is 10.7. The predicted octanol–water partition coefficient (Wildman–Crippen LogP) is 3.12. The fourth-order valence-electron chi connectivity index (χ4n) is 2.45. The van der Waals surface area contributed by atoms with E-state index in [4.69, 9.17) is 0 Å². The molecule has 1 aliphatic rings. The molecule has 0 atom stereocenters. The molecule has 2 rings (SSSR count). The Labute approximate surface area is 90.5 Å². The molecule has 3 heteroatoms. The third-order valence-corrected chi connectivity index (χ3v) is 3.32. The highest BCUT2D eigenvalue weighted by atomic mass is 19.1. The topological polar surface area (TPSA) is 17.8 Å². The summed E-state index contributed by atoms with van der Waals surface area (Å²) < 4.78 is 16.4. The first-order valence-electron chi connectivity index (χ1n) is 5.92. The van der Waals surface area contributed by atoms with Crippen LogP contribution in [0.1, 0.15) is 44.9 Å². The maximum Gasteiger partial charge on any atom is 0.128 e. The SMILES string of the molecule is CCc1nccn1CC1(F)CCCCC1. The second-order valence-corrected chi connectivity index (χ2v) is 4.54. The van der Waals surface area contributed by atoms with Crippen molar-refractivity contribution in [2.24, 2.45) is 0 Å². The Balaban J connectivity index is 2.06. The van der Waals surface area contributed by atoms with Crippen LogP contribution in [0.25, 0.3) is 0 Å². The van der Waals surface area contributed by atoms with Crippen molar-refractivity contribution in [2.45, 2.75) is 57.7 Å². The van der Waals surface area contributed by atoms with E-state index in [0.717, 1.165) is 25.1 Å². The second kappa shape index (κ2) is 4.33. The van der Waals surface area contributed by atoms with E-state index in [1.165, 1.54) is 6.42 Å². The fraction of sp³-hybridized carbons (Fsp3) is 0.750. The van der Waals surface area contributed by atoms with Gasteiger partial charge in [0.25, 0.3) is 0 Å². The normalized spacial score (nSPS) is 20.4. The summed E-state index contributed by atoms with van der Waals surface area (Å²) >= 11 is 0. The highest BCUT2D eigenvalue weighted by molar-refractivity contribution is 4.95. The number of aryl methyl sites for hydroxylation is 1. The van der Waals surface area contributed by atoms with Crippen LogP contribution in [0.3, 0.4) is 0 Å². The molecule has 1 aromatic heterocycles. The van der Waals surface area contributed by atoms with Gasteiger partial charge in [0.1, 0.15) is 11.5 Å². The molecular formula is C12H19FN2. The van der Waals surface area contributed by atoms with Crippen LogP contribution in [0.4, 0.5) is 4.39 Å². The molecule has 2 nitrogen and oxygen atoms in total. The monoisotopic (exact) mass is 210 g/mol. The lowest BCUT2D eigenvalue weighted by Gasteiger charge is -2.30. The molecule has 0 aliphatic heterocycles. The summed E-state index contributed by atoms with van der Waals surface area (Å²) in [4.78, 5) is 4.23. The Morgan fingerprint density at radius 3 is 2.80 bits per heavy atom. The minimum absolute atomic E-state index is 0.496. The Bertz CT molecular complexity index is 313. The summed E-state index contributed by atoms with van der Waals surface area (Å²) in [6.45, 7) is 2.56. The quantitative estimate of drug-likeness (QED) is 0.749. The highest BCUT2D eigenvalue weighted by Crippen LogP contribution is 2.33. The molecule has 1 fully saturated rings. The Morgan fingerprint density at radius 1 is 1.40 bits per heavy atom. The summed E-state index contributed by atoms with van der Waals surface area (Å²) in [5.41, 5.74) is -0.983. The molecule has 84 valence electrons. The summed E-state index contributed by atoms with van der Waals surface area (Å²) in [6.07, 6.45) is 9.24. The van der Waals surface area contributed by atoms with Crippen LogP contribution in [-0.2, 0) is 13.0 Å². The molecule has 0 N–H and O–H groups in total. The van der Waals surface area contributed by atoms with Crippen LogP contribution in [0.15, 0.2) is 12.4 Å². The lowest BCUT2D eigenvalue weighted by Crippen LogP contribution is -2.32. The number of hydrogen-bond donors (Lipinski definition) is 0. The van der Waals surface area contributed by atoms with E-state index in [2.05, 4.69) is 11.9 Å². The largest absolute Gasteiger partial charge is 0.332 e. The number of alkyl halides is 1. The van der Waals surface area contributed by atoms with Crippen LogP contribution in [0.2, 0.25) is 0 Å². The third-order valence-electron chi connectivity index (χ3n) is 3.32. The number of aromatic nitrogens is 2. The van der Waals surface area contributed by atoms with Gasteiger partial charge in [-0.2, -0.15) is 0 Å². The molecule has 0 radical (unpaired) electrons. The van der Waals surface area contributed by atoms with E-state index in [-0.39, 0.29) is 0 Å². The molecule has 1 heterocycles. The van der Waals surface area contributed by atoms with Gasteiger partial charge in [0, 0.05) is 18.8 Å². The molecule has 15 heavy (non-hydrogen) atoms. The third kappa shape index (κ3) is 2.39. The van der Waals surface area contributed by atoms with Crippen molar-refractivity contribution in [3.05, 3.63) is 18.2 Å². The second-order valence-electron chi connectivity index (χ2n) is 4.54. The smallest absolute Gasteiger partial charge is 0.128 e. The summed E-state index contributed by atoms with van der Waals surface area (Å²) in [6, 6.07) is 0. The van der Waals surface area contributed by atoms with Crippen molar-refractivity contribution in [1.82, 2.24) is 9.55 Å². The van der Waals surface area contributed by atoms with Gasteiger partial charge in [0.2, 0.25) is 0 Å². The highest BCUT2D eigenvalue weighted by Gasteiger charge is 2.32. The van der Waals surface area contributed by atoms with Gasteiger partial charge in [-0.25, -0.2) is 9.37 Å². The molecule has 0 amide bonds. The molecule has 1 aromatic rings. The van der Waals surface area contributed by atoms with Crippen molar-refractivity contribution >= 4 is 0 Å². The molecule has 1 saturated carbocycles. The van der Waals surface area contributed by atoms with Gasteiger partial charge >= 0.3 is 0 Å². The van der Waals surface area contributed by atoms with Crippen molar-refractivity contribution in [3.8, 4) is 0 Å². The van der Waals surface area contributed by atoms with Crippen LogP contribution in [0, 0.1) is 0 Å². The molecule has 0 bridgehead atoms. The van der Waals surface area contributed by atoms with Crippen LogP contribution < -0.4 is 0 Å². The number of hydrogen-bond acceptors (Lipinski definition) is 1. The zero-order valence-electron chi connectivity index (χ0n) is 9.38. The summed E-state index contributed by atoms with van der Waals surface area (Å²) in [7, 11) is 0. The van der Waals surface area contributed by atoms with E-state index in [9.17, 15) is 4.39 Å². The number of halogens is 1. The van der Waals surface area contributed by atoms with E-state index in [0.29, 0.717) is 19.4 Å². The van der Waals surface area contributed by atoms with Crippen LogP contribution >= 0.6 is 0 Å². The molecule has 0 saturated heterocycles. The maximum absolute atomic E-state index is 14.4. The zero-order valence-corrected chi connectivity index (χ0v) is 9.38. The average Bonchev–Trinajstić information content (AvgIpc) is 2.65. The maximum atomic E-state index is 14.4. The van der Waals surface area contributed by atoms with Gasteiger partial charge in [0.05, 0.1) is 6.54 Å². The fourth-order valence-corrected chi connectivity index (χ4v) is 2.45. The van der Waals surface area contributed by atoms with Crippen molar-refractivity contribution in [3.63, 3.8) is 0 Å². The van der Waals surface area contributed by atoms with Gasteiger partial charge in [0.15, 0.2) is 0 Å². The van der Waals surface area contributed by atoms with Gasteiger partial charge < -0.3 is 4.57 Å². The minimum Gasteiger partial charge on any atom is -0.332 e. The lowest BCUT2D eigenvalue weighted by atomic mass is 9.86. The number of imidazole rings is 1. The Hall–Kier alpha value is -0.860. The predicted molar refractivity (Wildman–Crippen MR) is 58.5 cm³/mol. The van der Waals surface area contributed by atoms with E-state index in [1.807, 2.05) is 10.8 Å². The standard InChI is InChI=1S/C12H19FN2/c1-2-11-14-8-9-15(11)10-12(13)6-4-3-5-7-12/h8-9H,2-7,10H2,1H3. The molecule has 1 aliphatic carbocycles. The zero-order chi connectivity index (χ0) is 10.7. The molecule has 0 aromatic carbocycles. The van der Waals surface area contributed by atoms with E-state index < -0.39 is 5.67 Å². The van der Waals surface area contributed by atoms with E-state index in [1.54, 1.807) is 6.20 Å². The lowest BCUT2D eigenvalue weighted by molar-refractivity contribution is 0.0848. The Morgan fingerprint density at radius 2 is 2.13 bits per heavy atom. The molecular weight excluding hydrogens is 191 g/mol. The van der Waals surface area contributed by atoms with Gasteiger partial charge in [-0.05, 0) is 12.8 Å². The van der Waals surface area contributed by atoms with Gasteiger partial charge in [-0.3, -0.25) is 0 Å². The first-order chi connectivity index (χ1) is 7.23. The minimum atomic E-state index is -0.983. The molecule has 0 spiro atoms. The van der Waals surface area contributed by atoms with Crippen molar-refractivity contribution in [1.29, 1.82) is 0 Å². The first-order valence-corrected chi connectivity index (χ1v) is 5.92. The van der Waals surface area contributed by atoms with Gasteiger partial charge in [-0.15, -0.1) is 0 Å². The Kier molecular flexibility index (Phi) is 3.08. The van der Waals surface area contributed by atoms with Crippen LogP contribution in [-0.4, -0.2) is 15.2 Å². The number of nitrogens with zero attached hydrogens (tertiary/aromatic N) is 2. The van der Waals surface area contributed by atoms with Gasteiger partial charge in [-0.1, -0.05) is 26.2 Å².